The second kappa shape index (κ2) is 7.06. The third-order valence-electron chi connectivity index (χ3n) is 5.04. The molecule has 0 aliphatic carbocycles. The van der Waals surface area contributed by atoms with E-state index in [1.165, 1.54) is 16.8 Å². The number of carbonyl (C=O) groups is 1. The number of amides is 1. The second-order valence-electron chi connectivity index (χ2n) is 6.78. The normalized spacial score (nSPS) is 18.0. The van der Waals surface area contributed by atoms with Crippen LogP contribution in [0, 0.1) is 0 Å². The Hall–Kier alpha value is -2.04. The van der Waals surface area contributed by atoms with E-state index in [4.69, 9.17) is 11.6 Å². The fourth-order valence-corrected chi connectivity index (χ4v) is 3.70. The number of rotatable bonds is 3. The Kier molecular flexibility index (Phi) is 4.64. The smallest absolute Gasteiger partial charge is 0.224 e. The first-order valence-electron chi connectivity index (χ1n) is 8.82. The minimum absolute atomic E-state index is 0.121. The number of nitrogens with zero attached hydrogens (tertiary/aromatic N) is 2. The maximum atomic E-state index is 11.5. The third-order valence-corrected chi connectivity index (χ3v) is 5.29. The molecule has 2 aromatic rings. The number of hydrogen-bond donors (Lipinski definition) is 1. The summed E-state index contributed by atoms with van der Waals surface area (Å²) >= 11 is 5.96. The highest BCUT2D eigenvalue weighted by atomic mass is 35.5. The molecule has 0 radical (unpaired) electrons. The number of piperazine rings is 1. The summed E-state index contributed by atoms with van der Waals surface area (Å²) in [5.41, 5.74) is 4.80. The third kappa shape index (κ3) is 3.80. The van der Waals surface area contributed by atoms with Crippen LogP contribution in [0.25, 0.3) is 0 Å². The molecule has 0 aromatic heterocycles. The lowest BCUT2D eigenvalue weighted by Gasteiger charge is -2.36. The molecule has 1 N–H and O–H groups in total. The molecule has 2 aliphatic heterocycles. The van der Waals surface area contributed by atoms with Crippen molar-refractivity contribution >= 4 is 28.9 Å². The Labute approximate surface area is 153 Å². The molecule has 2 aromatic carbocycles. The number of halogens is 1. The summed E-state index contributed by atoms with van der Waals surface area (Å²) in [5, 5.41) is 3.74. The van der Waals surface area contributed by atoms with Crippen LogP contribution in [0.3, 0.4) is 0 Å². The van der Waals surface area contributed by atoms with Crippen molar-refractivity contribution in [3.8, 4) is 0 Å². The zero-order valence-corrected chi connectivity index (χ0v) is 14.9. The van der Waals surface area contributed by atoms with E-state index < -0.39 is 0 Å². The lowest BCUT2D eigenvalue weighted by Crippen LogP contribution is -2.46. The van der Waals surface area contributed by atoms with E-state index in [1.807, 2.05) is 18.2 Å². The number of aryl methyl sites for hydroxylation is 1. The highest BCUT2D eigenvalue weighted by Crippen LogP contribution is 2.28. The maximum absolute atomic E-state index is 11.5. The summed E-state index contributed by atoms with van der Waals surface area (Å²) < 4.78 is 0. The van der Waals surface area contributed by atoms with Gasteiger partial charge in [0.1, 0.15) is 0 Å². The molecule has 5 heteroatoms. The summed E-state index contributed by atoms with van der Waals surface area (Å²) in [6.45, 7) is 5.13. The van der Waals surface area contributed by atoms with Gasteiger partial charge < -0.3 is 10.2 Å². The topological polar surface area (TPSA) is 35.6 Å². The molecule has 0 spiro atoms. The van der Waals surface area contributed by atoms with Crippen molar-refractivity contribution in [1.29, 1.82) is 0 Å². The first-order chi connectivity index (χ1) is 12.2. The molecular weight excluding hydrogens is 334 g/mol. The molecule has 1 saturated heterocycles. The molecule has 0 bridgehead atoms. The van der Waals surface area contributed by atoms with Crippen LogP contribution in [0.2, 0.25) is 5.02 Å². The molecule has 1 amide bonds. The minimum Gasteiger partial charge on any atom is -0.369 e. The molecule has 2 aliphatic rings. The first kappa shape index (κ1) is 16.4. The van der Waals surface area contributed by atoms with Crippen LogP contribution >= 0.6 is 11.6 Å². The average molecular weight is 356 g/mol. The van der Waals surface area contributed by atoms with Gasteiger partial charge in [-0.2, -0.15) is 0 Å². The summed E-state index contributed by atoms with van der Waals surface area (Å²) in [4.78, 5) is 16.4. The predicted molar refractivity (Wildman–Crippen MR) is 102 cm³/mol. The Morgan fingerprint density at radius 3 is 2.48 bits per heavy atom. The van der Waals surface area contributed by atoms with Crippen LogP contribution < -0.4 is 10.2 Å². The van der Waals surface area contributed by atoms with Gasteiger partial charge >= 0.3 is 0 Å². The lowest BCUT2D eigenvalue weighted by molar-refractivity contribution is -0.116. The van der Waals surface area contributed by atoms with Gasteiger partial charge in [0.05, 0.1) is 0 Å². The lowest BCUT2D eigenvalue weighted by atomic mass is 10.0. The van der Waals surface area contributed by atoms with Crippen molar-refractivity contribution in [1.82, 2.24) is 4.90 Å². The Bertz CT molecular complexity index is 767. The zero-order valence-electron chi connectivity index (χ0n) is 14.2. The van der Waals surface area contributed by atoms with Gasteiger partial charge in [0, 0.05) is 55.5 Å². The van der Waals surface area contributed by atoms with Gasteiger partial charge in [0.2, 0.25) is 5.91 Å². The first-order valence-corrected chi connectivity index (χ1v) is 9.20. The quantitative estimate of drug-likeness (QED) is 0.914. The largest absolute Gasteiger partial charge is 0.369 e. The Balaban J connectivity index is 1.37. The van der Waals surface area contributed by atoms with Crippen molar-refractivity contribution < 1.29 is 4.79 Å². The molecule has 2 heterocycles. The van der Waals surface area contributed by atoms with Gasteiger partial charge in [-0.15, -0.1) is 0 Å². The van der Waals surface area contributed by atoms with Crippen LogP contribution in [-0.4, -0.2) is 37.0 Å². The van der Waals surface area contributed by atoms with E-state index in [-0.39, 0.29) is 5.91 Å². The van der Waals surface area contributed by atoms with Crippen molar-refractivity contribution in [2.75, 3.05) is 36.4 Å². The van der Waals surface area contributed by atoms with Crippen molar-refractivity contribution in [3.05, 3.63) is 58.6 Å². The predicted octanol–water partition coefficient (Wildman–Crippen LogP) is 3.55. The van der Waals surface area contributed by atoms with Crippen LogP contribution in [0.4, 0.5) is 11.4 Å². The standard InChI is InChI=1S/C20H22ClN3O/c21-17-4-1-15(2-5-17)14-23-9-11-24(12-10-23)18-6-7-19-16(13-18)3-8-20(25)22-19/h1-2,4-7,13H,3,8-12,14H2,(H,22,25). The zero-order chi connectivity index (χ0) is 17.2. The van der Waals surface area contributed by atoms with E-state index >= 15 is 0 Å². The van der Waals surface area contributed by atoms with E-state index in [2.05, 4.69) is 39.4 Å². The van der Waals surface area contributed by atoms with Crippen LogP contribution in [-0.2, 0) is 17.8 Å². The molecule has 0 unspecified atom stereocenters. The molecule has 1 fully saturated rings. The minimum atomic E-state index is 0.121. The maximum Gasteiger partial charge on any atom is 0.224 e. The van der Waals surface area contributed by atoms with Gasteiger partial charge in [0.25, 0.3) is 0 Å². The molecule has 130 valence electrons. The van der Waals surface area contributed by atoms with E-state index in [1.54, 1.807) is 0 Å². The molecule has 0 atom stereocenters. The number of anilines is 2. The molecule has 0 saturated carbocycles. The molecular formula is C20H22ClN3O. The van der Waals surface area contributed by atoms with E-state index in [0.717, 1.165) is 49.9 Å². The van der Waals surface area contributed by atoms with Gasteiger partial charge in [-0.3, -0.25) is 9.69 Å². The number of hydrogen-bond acceptors (Lipinski definition) is 3. The van der Waals surface area contributed by atoms with E-state index in [0.29, 0.717) is 6.42 Å². The fraction of sp³-hybridized carbons (Fsp3) is 0.350. The van der Waals surface area contributed by atoms with Gasteiger partial charge in [-0.05, 0) is 47.9 Å². The average Bonchev–Trinajstić information content (AvgIpc) is 2.64. The molecule has 4 nitrogen and oxygen atoms in total. The van der Waals surface area contributed by atoms with Crippen molar-refractivity contribution in [2.24, 2.45) is 0 Å². The summed E-state index contributed by atoms with van der Waals surface area (Å²) in [5.74, 6) is 0.121. The van der Waals surface area contributed by atoms with E-state index in [9.17, 15) is 4.79 Å². The Morgan fingerprint density at radius 1 is 0.960 bits per heavy atom. The van der Waals surface area contributed by atoms with Gasteiger partial charge in [-0.1, -0.05) is 23.7 Å². The van der Waals surface area contributed by atoms with Crippen LogP contribution in [0.15, 0.2) is 42.5 Å². The monoisotopic (exact) mass is 355 g/mol. The Morgan fingerprint density at radius 2 is 1.72 bits per heavy atom. The summed E-state index contributed by atoms with van der Waals surface area (Å²) in [6, 6.07) is 14.5. The fourth-order valence-electron chi connectivity index (χ4n) is 3.58. The van der Waals surface area contributed by atoms with Gasteiger partial charge in [-0.25, -0.2) is 0 Å². The van der Waals surface area contributed by atoms with Gasteiger partial charge in [0.15, 0.2) is 0 Å². The number of benzene rings is 2. The van der Waals surface area contributed by atoms with Crippen LogP contribution in [0.5, 0.6) is 0 Å². The summed E-state index contributed by atoms with van der Waals surface area (Å²) in [6.07, 6.45) is 1.43. The summed E-state index contributed by atoms with van der Waals surface area (Å²) in [7, 11) is 0. The highest BCUT2D eigenvalue weighted by molar-refractivity contribution is 6.30. The number of fused-ring (bicyclic) bond motifs is 1. The van der Waals surface area contributed by atoms with Crippen LogP contribution in [0.1, 0.15) is 17.5 Å². The second-order valence-corrected chi connectivity index (χ2v) is 7.22. The number of carbonyl (C=O) groups excluding carboxylic acids is 1. The molecule has 4 rings (SSSR count). The molecule has 25 heavy (non-hydrogen) atoms. The van der Waals surface area contributed by atoms with Crippen molar-refractivity contribution in [2.45, 2.75) is 19.4 Å². The van der Waals surface area contributed by atoms with Crippen molar-refractivity contribution in [3.63, 3.8) is 0 Å². The SMILES string of the molecule is O=C1CCc2cc(N3CCN(Cc4ccc(Cl)cc4)CC3)ccc2N1. The highest BCUT2D eigenvalue weighted by Gasteiger charge is 2.20. The number of nitrogens with one attached hydrogen (secondary N) is 1.